The molecule has 0 amide bonds. The number of ether oxygens (including phenoxy) is 2. The number of carbonyl (C=O) groups is 2. The van der Waals surface area contributed by atoms with Gasteiger partial charge in [-0.15, -0.1) is 0 Å². The molecule has 3 rings (SSSR count). The van der Waals surface area contributed by atoms with E-state index in [2.05, 4.69) is 9.73 Å². The zero-order valence-corrected chi connectivity index (χ0v) is 11.4. The van der Waals surface area contributed by atoms with Crippen LogP contribution in [0.3, 0.4) is 0 Å². The summed E-state index contributed by atoms with van der Waals surface area (Å²) in [7, 11) is 0. The zero-order valence-electron chi connectivity index (χ0n) is 11.4. The highest BCUT2D eigenvalue weighted by molar-refractivity contribution is 6.01. The van der Waals surface area contributed by atoms with Crippen molar-refractivity contribution in [3.63, 3.8) is 0 Å². The number of rotatable bonds is 3. The number of nitrogens with zero attached hydrogens (tertiary/aromatic N) is 1. The van der Waals surface area contributed by atoms with Crippen molar-refractivity contribution in [2.75, 3.05) is 0 Å². The predicted octanol–water partition coefficient (Wildman–Crippen LogP) is 2.83. The van der Waals surface area contributed by atoms with Crippen LogP contribution in [0, 0.1) is 0 Å². The average molecular weight is 293 g/mol. The Kier molecular flexibility index (Phi) is 3.78. The molecule has 0 aliphatic carbocycles. The first-order valence-corrected chi connectivity index (χ1v) is 6.55. The summed E-state index contributed by atoms with van der Waals surface area (Å²) >= 11 is 0. The minimum atomic E-state index is -0.486. The molecule has 0 aromatic heterocycles. The van der Waals surface area contributed by atoms with Gasteiger partial charge in [0.15, 0.2) is 12.1 Å². The lowest BCUT2D eigenvalue weighted by Gasteiger charge is -2.04. The van der Waals surface area contributed by atoms with Crippen molar-refractivity contribution in [1.29, 1.82) is 0 Å². The maximum Gasteiger partial charge on any atom is 0.363 e. The van der Waals surface area contributed by atoms with E-state index in [0.717, 1.165) is 12.0 Å². The summed E-state index contributed by atoms with van der Waals surface area (Å²) in [6.07, 6.45) is 2.69. The quantitative estimate of drug-likeness (QED) is 0.496. The van der Waals surface area contributed by atoms with E-state index in [9.17, 15) is 9.59 Å². The number of hydrogen-bond acceptors (Lipinski definition) is 5. The van der Waals surface area contributed by atoms with Crippen LogP contribution in [-0.2, 0) is 9.53 Å². The van der Waals surface area contributed by atoms with Gasteiger partial charge in [-0.2, -0.15) is 0 Å². The van der Waals surface area contributed by atoms with E-state index < -0.39 is 11.9 Å². The van der Waals surface area contributed by atoms with Gasteiger partial charge in [0.2, 0.25) is 0 Å². The minimum absolute atomic E-state index is 0.231. The van der Waals surface area contributed by atoms with Gasteiger partial charge in [-0.05, 0) is 35.9 Å². The van der Waals surface area contributed by atoms with Crippen molar-refractivity contribution < 1.29 is 19.1 Å². The van der Waals surface area contributed by atoms with Crippen molar-refractivity contribution in [2.24, 2.45) is 4.99 Å². The number of benzene rings is 2. The molecule has 0 N–H and O–H groups in total. The molecule has 22 heavy (non-hydrogen) atoms. The van der Waals surface area contributed by atoms with E-state index in [1.165, 1.54) is 0 Å². The maximum atomic E-state index is 11.9. The van der Waals surface area contributed by atoms with E-state index in [1.54, 1.807) is 54.6 Å². The third kappa shape index (κ3) is 3.09. The second-order valence-corrected chi connectivity index (χ2v) is 4.49. The van der Waals surface area contributed by atoms with Crippen LogP contribution in [0.15, 0.2) is 65.3 Å². The van der Waals surface area contributed by atoms with Gasteiger partial charge in [-0.1, -0.05) is 30.3 Å². The average Bonchev–Trinajstić information content (AvgIpc) is 2.95. The first kappa shape index (κ1) is 13.8. The molecule has 5 heteroatoms. The molecule has 0 atom stereocenters. The lowest BCUT2D eigenvalue weighted by molar-refractivity contribution is -0.129. The standard InChI is InChI=1S/C17H11NO4/c19-16(13-4-2-1-3-5-13)22-14-8-6-12(7-9-14)10-15-17(20)21-11-18-15/h1-11H. The number of cyclic esters (lactones) is 1. The molecule has 0 spiro atoms. The summed E-state index contributed by atoms with van der Waals surface area (Å²) in [6.45, 7) is 0. The monoisotopic (exact) mass is 293 g/mol. The summed E-state index contributed by atoms with van der Waals surface area (Å²) in [5.74, 6) is -0.483. The van der Waals surface area contributed by atoms with Crippen molar-refractivity contribution in [3.05, 3.63) is 71.4 Å². The van der Waals surface area contributed by atoms with E-state index in [-0.39, 0.29) is 5.70 Å². The largest absolute Gasteiger partial charge is 0.423 e. The van der Waals surface area contributed by atoms with E-state index >= 15 is 0 Å². The highest BCUT2D eigenvalue weighted by Gasteiger charge is 2.14. The zero-order chi connectivity index (χ0) is 15.4. The Morgan fingerprint density at radius 2 is 1.77 bits per heavy atom. The molecule has 108 valence electrons. The smallest absolute Gasteiger partial charge is 0.363 e. The molecular weight excluding hydrogens is 282 g/mol. The third-order valence-electron chi connectivity index (χ3n) is 2.96. The Morgan fingerprint density at radius 1 is 1.05 bits per heavy atom. The molecule has 0 saturated heterocycles. The van der Waals surface area contributed by atoms with Crippen LogP contribution in [0.2, 0.25) is 0 Å². The molecule has 5 nitrogen and oxygen atoms in total. The van der Waals surface area contributed by atoms with E-state index in [0.29, 0.717) is 11.3 Å². The maximum absolute atomic E-state index is 11.9. The van der Waals surface area contributed by atoms with Gasteiger partial charge in [0.25, 0.3) is 0 Å². The fraction of sp³-hybridized carbons (Fsp3) is 0. The molecule has 2 aromatic rings. The molecule has 0 unspecified atom stereocenters. The van der Waals surface area contributed by atoms with Crippen LogP contribution in [0.5, 0.6) is 5.75 Å². The molecule has 1 heterocycles. The number of esters is 2. The van der Waals surface area contributed by atoms with Crippen molar-refractivity contribution in [3.8, 4) is 5.75 Å². The summed E-state index contributed by atoms with van der Waals surface area (Å²) < 4.78 is 9.86. The molecule has 0 saturated carbocycles. The van der Waals surface area contributed by atoms with Crippen LogP contribution >= 0.6 is 0 Å². The van der Waals surface area contributed by atoms with Gasteiger partial charge in [0, 0.05) is 0 Å². The Bertz CT molecular complexity index is 761. The topological polar surface area (TPSA) is 65.0 Å². The lowest BCUT2D eigenvalue weighted by Crippen LogP contribution is -2.07. The van der Waals surface area contributed by atoms with Gasteiger partial charge in [0.05, 0.1) is 5.56 Å². The van der Waals surface area contributed by atoms with Gasteiger partial charge in [0.1, 0.15) is 5.75 Å². The van der Waals surface area contributed by atoms with Crippen LogP contribution in [0.25, 0.3) is 6.08 Å². The normalized spacial score (nSPS) is 14.9. The van der Waals surface area contributed by atoms with Gasteiger partial charge >= 0.3 is 11.9 Å². The van der Waals surface area contributed by atoms with Crippen LogP contribution in [0.4, 0.5) is 0 Å². The van der Waals surface area contributed by atoms with Gasteiger partial charge < -0.3 is 9.47 Å². The SMILES string of the molecule is O=C1OC=NC1=Cc1ccc(OC(=O)c2ccccc2)cc1. The third-order valence-corrected chi connectivity index (χ3v) is 2.96. The molecule has 0 fully saturated rings. The Morgan fingerprint density at radius 3 is 2.41 bits per heavy atom. The molecule has 0 bridgehead atoms. The number of hydrogen-bond donors (Lipinski definition) is 0. The fourth-order valence-corrected chi connectivity index (χ4v) is 1.87. The van der Waals surface area contributed by atoms with Crippen molar-refractivity contribution in [1.82, 2.24) is 0 Å². The fourth-order valence-electron chi connectivity index (χ4n) is 1.87. The van der Waals surface area contributed by atoms with Gasteiger partial charge in [-0.3, -0.25) is 0 Å². The minimum Gasteiger partial charge on any atom is -0.423 e. The van der Waals surface area contributed by atoms with Gasteiger partial charge in [-0.25, -0.2) is 14.6 Å². The Balaban J connectivity index is 1.71. The molecule has 1 aliphatic rings. The van der Waals surface area contributed by atoms with E-state index in [4.69, 9.17) is 4.74 Å². The summed E-state index contributed by atoms with van der Waals surface area (Å²) in [4.78, 5) is 27.0. The first-order valence-electron chi connectivity index (χ1n) is 6.55. The molecule has 1 aliphatic heterocycles. The second-order valence-electron chi connectivity index (χ2n) is 4.49. The summed E-state index contributed by atoms with van der Waals surface area (Å²) in [5.41, 5.74) is 1.47. The van der Waals surface area contributed by atoms with Crippen molar-refractivity contribution in [2.45, 2.75) is 0 Å². The predicted molar refractivity (Wildman–Crippen MR) is 80.4 cm³/mol. The highest BCUT2D eigenvalue weighted by Crippen LogP contribution is 2.18. The molecular formula is C17H11NO4. The number of carbonyl (C=O) groups excluding carboxylic acids is 2. The van der Waals surface area contributed by atoms with Crippen LogP contribution in [0.1, 0.15) is 15.9 Å². The first-order chi connectivity index (χ1) is 10.7. The summed E-state index contributed by atoms with van der Waals surface area (Å²) in [6, 6.07) is 15.5. The Hall–Kier alpha value is -3.21. The van der Waals surface area contributed by atoms with Crippen LogP contribution in [-0.4, -0.2) is 18.3 Å². The van der Waals surface area contributed by atoms with Crippen molar-refractivity contribution >= 4 is 24.4 Å². The number of aliphatic imine (C=N–C) groups is 1. The lowest BCUT2D eigenvalue weighted by atomic mass is 10.2. The highest BCUT2D eigenvalue weighted by atomic mass is 16.5. The summed E-state index contributed by atoms with van der Waals surface area (Å²) in [5, 5.41) is 0. The Labute approximate surface area is 126 Å². The second kappa shape index (κ2) is 6.05. The van der Waals surface area contributed by atoms with E-state index in [1.807, 2.05) is 6.07 Å². The van der Waals surface area contributed by atoms with Crippen LogP contribution < -0.4 is 4.74 Å². The molecule has 0 radical (unpaired) electrons. The molecule has 2 aromatic carbocycles.